The Balaban J connectivity index is 2.04. The predicted octanol–water partition coefficient (Wildman–Crippen LogP) is -7.85. The number of esters is 2. The molecule has 348 valence electrons. The van der Waals surface area contributed by atoms with Gasteiger partial charge in [-0.25, -0.2) is 9.13 Å². The summed E-state index contributed by atoms with van der Waals surface area (Å²) in [5.41, 5.74) is 5.61. The summed E-state index contributed by atoms with van der Waals surface area (Å²) in [7, 11) is -11.1. The second-order valence-corrected chi connectivity index (χ2v) is 15.7. The van der Waals surface area contributed by atoms with Crippen LogP contribution in [-0.4, -0.2) is 211 Å². The van der Waals surface area contributed by atoms with Crippen molar-refractivity contribution in [1.82, 2.24) is 10.6 Å². The van der Waals surface area contributed by atoms with E-state index in [0.717, 1.165) is 0 Å². The van der Waals surface area contributed by atoms with Crippen molar-refractivity contribution in [1.29, 1.82) is 0 Å². The zero-order valence-electron chi connectivity index (χ0n) is 31.4. The summed E-state index contributed by atoms with van der Waals surface area (Å²) in [6, 6.07) is -4.97. The van der Waals surface area contributed by atoms with Crippen LogP contribution in [0.25, 0.3) is 0 Å². The van der Waals surface area contributed by atoms with Gasteiger partial charge in [-0.1, -0.05) is 0 Å². The summed E-state index contributed by atoms with van der Waals surface area (Å²) in [5.74, 6) is -4.46. The fourth-order valence-electron chi connectivity index (χ4n) is 5.92. The minimum atomic E-state index is -5.60. The minimum absolute atomic E-state index is 0.480. The van der Waals surface area contributed by atoms with E-state index < -0.39 is 197 Å². The number of hydrogen-bond acceptors (Lipinski definition) is 24. The van der Waals surface area contributed by atoms with Crippen LogP contribution in [0.2, 0.25) is 0 Å². The Hall–Kier alpha value is -2.42. The SMILES string of the molecule is N[C@H]1CO[C@H](OP(=O)(O)O[C@H]2O[C@H](CO[C@@H]3O[C@H](CO)[C@@H](OP(=O)(O)O)[C@H](OC(=O)CCO)[C@H]3NC(=O)CCO)[C@@H](O)[C@H](OC(=O)CCO)[C@H]2NC(=O)CCO)[C@H](O)[C@H]1O. The first-order chi connectivity index (χ1) is 28.2. The molecule has 0 radical (unpaired) electrons. The van der Waals surface area contributed by atoms with E-state index in [2.05, 4.69) is 10.6 Å². The van der Waals surface area contributed by atoms with Gasteiger partial charge in [0, 0.05) is 12.8 Å². The van der Waals surface area contributed by atoms with Crippen molar-refractivity contribution in [2.75, 3.05) is 46.2 Å². The van der Waals surface area contributed by atoms with E-state index in [1.165, 1.54) is 0 Å². The van der Waals surface area contributed by atoms with Gasteiger partial charge in [-0.15, -0.1) is 0 Å². The maximum absolute atomic E-state index is 13.3. The molecule has 3 fully saturated rings. The lowest BCUT2D eigenvalue weighted by molar-refractivity contribution is -0.298. The van der Waals surface area contributed by atoms with Crippen LogP contribution in [0, 0.1) is 0 Å². The molecule has 3 saturated heterocycles. The van der Waals surface area contributed by atoms with Crippen LogP contribution >= 0.6 is 15.6 Å². The number of carbonyl (C=O) groups excluding carboxylic acids is 4. The fraction of sp³-hybridized carbons (Fsp3) is 0.862. The molecule has 1 unspecified atom stereocenters. The average Bonchev–Trinajstić information content (AvgIpc) is 3.15. The van der Waals surface area contributed by atoms with Gasteiger partial charge in [-0.3, -0.25) is 32.7 Å². The third-order valence-corrected chi connectivity index (χ3v) is 10.1. The number of nitrogens with one attached hydrogen (secondary N) is 2. The van der Waals surface area contributed by atoms with E-state index in [0.29, 0.717) is 0 Å². The maximum Gasteiger partial charge on any atom is 0.477 e. The van der Waals surface area contributed by atoms with E-state index in [4.69, 9.17) is 47.7 Å². The number of aliphatic hydroxyl groups excluding tert-OH is 8. The van der Waals surface area contributed by atoms with Gasteiger partial charge < -0.3 is 100 Å². The Labute approximate surface area is 339 Å². The van der Waals surface area contributed by atoms with Crippen molar-refractivity contribution in [2.24, 2.45) is 5.73 Å². The first kappa shape index (κ1) is 51.9. The van der Waals surface area contributed by atoms with Crippen LogP contribution in [0.4, 0.5) is 0 Å². The highest BCUT2D eigenvalue weighted by Crippen LogP contribution is 2.49. The number of hydrogen-bond donors (Lipinski definition) is 14. The number of ether oxygens (including phenoxy) is 6. The molecule has 60 heavy (non-hydrogen) atoms. The molecule has 0 spiro atoms. The molecule has 15 N–H and O–H groups in total. The second-order valence-electron chi connectivity index (χ2n) is 13.2. The lowest BCUT2D eigenvalue weighted by Crippen LogP contribution is -2.68. The number of carbonyl (C=O) groups is 4. The highest BCUT2D eigenvalue weighted by atomic mass is 31.2. The third-order valence-electron chi connectivity index (χ3n) is 8.68. The normalized spacial score (nSPS) is 34.5. The third kappa shape index (κ3) is 15.1. The van der Waals surface area contributed by atoms with Crippen molar-refractivity contribution in [3.63, 3.8) is 0 Å². The molecule has 2 amide bonds. The van der Waals surface area contributed by atoms with Crippen LogP contribution in [-0.2, 0) is 70.3 Å². The summed E-state index contributed by atoms with van der Waals surface area (Å²) in [6.07, 6.45) is -24.8. The molecule has 3 rings (SSSR count). The summed E-state index contributed by atoms with van der Waals surface area (Å²) in [4.78, 5) is 80.7. The van der Waals surface area contributed by atoms with Gasteiger partial charge in [-0.05, 0) is 0 Å². The summed E-state index contributed by atoms with van der Waals surface area (Å²) >= 11 is 0. The van der Waals surface area contributed by atoms with Crippen molar-refractivity contribution in [3.05, 3.63) is 0 Å². The first-order valence-corrected chi connectivity index (χ1v) is 21.0. The van der Waals surface area contributed by atoms with Crippen LogP contribution < -0.4 is 16.4 Å². The first-order valence-electron chi connectivity index (χ1n) is 18.0. The molecule has 3 heterocycles. The number of amides is 2. The Kier molecular flexibility index (Phi) is 20.7. The largest absolute Gasteiger partial charge is 0.477 e. The van der Waals surface area contributed by atoms with Crippen molar-refractivity contribution in [2.45, 2.75) is 112 Å². The molecular formula is C29H51N3O26P2. The zero-order valence-corrected chi connectivity index (χ0v) is 33.2. The zero-order chi connectivity index (χ0) is 44.9. The molecular weight excluding hydrogens is 868 g/mol. The molecule has 0 aliphatic carbocycles. The van der Waals surface area contributed by atoms with Gasteiger partial charge in [0.05, 0.1) is 65.1 Å². The molecule has 0 aromatic rings. The van der Waals surface area contributed by atoms with Crippen LogP contribution in [0.1, 0.15) is 25.7 Å². The molecule has 3 aliphatic heterocycles. The molecule has 0 aromatic heterocycles. The number of phosphoric acid groups is 2. The van der Waals surface area contributed by atoms with Gasteiger partial charge >= 0.3 is 27.6 Å². The Morgan fingerprint density at radius 2 is 1.13 bits per heavy atom. The quantitative estimate of drug-likeness (QED) is 0.0354. The second kappa shape index (κ2) is 23.9. The smallest absolute Gasteiger partial charge is 0.457 e. The van der Waals surface area contributed by atoms with E-state index in [9.17, 15) is 83.8 Å². The molecule has 0 bridgehead atoms. The Morgan fingerprint density at radius 3 is 1.65 bits per heavy atom. The summed E-state index contributed by atoms with van der Waals surface area (Å²) in [5, 5.41) is 83.8. The van der Waals surface area contributed by atoms with E-state index in [1.54, 1.807) is 0 Å². The molecule has 3 aliphatic rings. The van der Waals surface area contributed by atoms with Crippen LogP contribution in [0.5, 0.6) is 0 Å². The van der Waals surface area contributed by atoms with Crippen LogP contribution in [0.3, 0.4) is 0 Å². The van der Waals surface area contributed by atoms with Gasteiger partial charge in [0.15, 0.2) is 31.1 Å². The van der Waals surface area contributed by atoms with E-state index in [-0.39, 0.29) is 0 Å². The summed E-state index contributed by atoms with van der Waals surface area (Å²) < 4.78 is 72.9. The molecule has 0 aromatic carbocycles. The van der Waals surface area contributed by atoms with Crippen molar-refractivity contribution < 1.29 is 126 Å². The molecule has 29 nitrogen and oxygen atoms in total. The van der Waals surface area contributed by atoms with Gasteiger partial charge in [-0.2, -0.15) is 0 Å². The summed E-state index contributed by atoms with van der Waals surface area (Å²) in [6.45, 7) is -5.68. The van der Waals surface area contributed by atoms with Gasteiger partial charge in [0.25, 0.3) is 0 Å². The lowest BCUT2D eigenvalue weighted by Gasteiger charge is -2.47. The standard InChI is InChI=1S/C29H51N3O26P2/c30-12-10-50-29(23(44)21(12)42)58-60(48,49)57-28-19(31-15(38)1-5-33)25(54-17(40)3-7-35)22(43)14(53-28)11-51-27-20(32-16(39)2-6-34)26(55-18(41)4-8-36)24(13(9-37)52-27)56-59(45,46)47/h12-14,19-29,33-37,42-44H,1-11,30H2,(H,31,38)(H,32,39)(H,48,49)(H2,45,46,47)/t12-,13+,14+,19+,20+,21-,22+,23+,24+,25+,26+,27+,28+,29+/m0/s1. The highest BCUT2D eigenvalue weighted by molar-refractivity contribution is 7.47. The Bertz CT molecular complexity index is 1510. The predicted molar refractivity (Wildman–Crippen MR) is 185 cm³/mol. The van der Waals surface area contributed by atoms with Crippen molar-refractivity contribution >= 4 is 39.4 Å². The number of nitrogens with two attached hydrogens (primary N) is 1. The monoisotopic (exact) mass is 919 g/mol. The fourth-order valence-corrected chi connectivity index (χ4v) is 7.43. The minimum Gasteiger partial charge on any atom is -0.457 e. The average molecular weight is 920 g/mol. The highest BCUT2D eigenvalue weighted by Gasteiger charge is 2.55. The van der Waals surface area contributed by atoms with Gasteiger partial charge in [0.1, 0.15) is 48.7 Å². The molecule has 15 atom stereocenters. The van der Waals surface area contributed by atoms with E-state index >= 15 is 0 Å². The molecule has 31 heteroatoms. The van der Waals surface area contributed by atoms with Gasteiger partial charge in [0.2, 0.25) is 11.8 Å². The number of aliphatic hydroxyl groups is 8. The number of phosphoric ester groups is 2. The molecule has 0 saturated carbocycles. The Morgan fingerprint density at radius 1 is 0.633 bits per heavy atom. The maximum atomic E-state index is 13.3. The topological polar surface area (TPSA) is 458 Å². The van der Waals surface area contributed by atoms with Crippen molar-refractivity contribution in [3.8, 4) is 0 Å². The lowest BCUT2D eigenvalue weighted by atomic mass is 9.95. The number of rotatable bonds is 22. The van der Waals surface area contributed by atoms with Crippen LogP contribution in [0.15, 0.2) is 0 Å². The van der Waals surface area contributed by atoms with E-state index in [1.807, 2.05) is 0 Å².